The molecule has 0 amide bonds. The summed E-state index contributed by atoms with van der Waals surface area (Å²) >= 11 is 1.83. The van der Waals surface area contributed by atoms with Crippen LogP contribution in [-0.4, -0.2) is 36.2 Å². The van der Waals surface area contributed by atoms with Crippen molar-refractivity contribution in [2.24, 2.45) is 5.41 Å². The van der Waals surface area contributed by atoms with Gasteiger partial charge in [0.25, 0.3) is 0 Å². The molecule has 2 unspecified atom stereocenters. The topological polar surface area (TPSA) is 23.5 Å². The maximum Gasteiger partial charge on any atom is 0.0497 e. The highest BCUT2D eigenvalue weighted by Gasteiger charge is 2.26. The first kappa shape index (κ1) is 15.7. The quantitative estimate of drug-likeness (QED) is 0.782. The first-order valence-electron chi connectivity index (χ1n) is 6.84. The Labute approximate surface area is 116 Å². The zero-order valence-electron chi connectivity index (χ0n) is 12.1. The van der Waals surface area contributed by atoms with Crippen LogP contribution in [0.5, 0.6) is 0 Å². The largest absolute Gasteiger partial charge is 0.396 e. The van der Waals surface area contributed by atoms with E-state index >= 15 is 0 Å². The Morgan fingerprint density at radius 2 is 2.22 bits per heavy atom. The molecule has 0 bridgehead atoms. The molecule has 1 heterocycles. The summed E-state index contributed by atoms with van der Waals surface area (Å²) in [5.74, 6) is 0. The molecule has 0 aliphatic carbocycles. The van der Waals surface area contributed by atoms with Crippen LogP contribution in [0.3, 0.4) is 0 Å². The van der Waals surface area contributed by atoms with Crippen molar-refractivity contribution in [1.29, 1.82) is 0 Å². The average Bonchev–Trinajstić information content (AvgIpc) is 2.82. The van der Waals surface area contributed by atoms with Crippen molar-refractivity contribution in [3.05, 3.63) is 22.4 Å². The minimum Gasteiger partial charge on any atom is -0.396 e. The number of hydrogen-bond acceptors (Lipinski definition) is 3. The van der Waals surface area contributed by atoms with E-state index in [9.17, 15) is 5.11 Å². The van der Waals surface area contributed by atoms with Crippen molar-refractivity contribution in [1.82, 2.24) is 4.90 Å². The van der Waals surface area contributed by atoms with E-state index in [1.54, 1.807) is 0 Å². The van der Waals surface area contributed by atoms with Crippen LogP contribution in [0.25, 0.3) is 0 Å². The third kappa shape index (κ3) is 4.71. The number of aliphatic hydroxyl groups excluding tert-OH is 1. The Bertz CT molecular complexity index is 325. The van der Waals surface area contributed by atoms with Crippen molar-refractivity contribution in [3.63, 3.8) is 0 Å². The Kier molecular flexibility index (Phi) is 6.33. The molecular weight excluding hydrogens is 242 g/mol. The van der Waals surface area contributed by atoms with Crippen LogP contribution in [-0.2, 0) is 6.42 Å². The van der Waals surface area contributed by atoms with Gasteiger partial charge in [0.05, 0.1) is 0 Å². The summed E-state index contributed by atoms with van der Waals surface area (Å²) in [4.78, 5) is 3.82. The van der Waals surface area contributed by atoms with Crippen molar-refractivity contribution in [2.75, 3.05) is 20.2 Å². The summed E-state index contributed by atoms with van der Waals surface area (Å²) in [5, 5.41) is 11.7. The van der Waals surface area contributed by atoms with Gasteiger partial charge in [0.1, 0.15) is 0 Å². The second-order valence-electron chi connectivity index (χ2n) is 5.77. The number of thiophene rings is 1. The second kappa shape index (κ2) is 7.27. The highest BCUT2D eigenvalue weighted by atomic mass is 32.1. The van der Waals surface area contributed by atoms with Gasteiger partial charge in [-0.05, 0) is 38.3 Å². The molecule has 1 N–H and O–H groups in total. The fourth-order valence-electron chi connectivity index (χ4n) is 2.45. The van der Waals surface area contributed by atoms with Gasteiger partial charge in [0.15, 0.2) is 0 Å². The van der Waals surface area contributed by atoms with E-state index < -0.39 is 0 Å². The van der Waals surface area contributed by atoms with Gasteiger partial charge in [-0.2, -0.15) is 0 Å². The third-order valence-electron chi connectivity index (χ3n) is 3.70. The van der Waals surface area contributed by atoms with Crippen molar-refractivity contribution < 1.29 is 5.11 Å². The summed E-state index contributed by atoms with van der Waals surface area (Å²) in [6, 6.07) is 4.83. The molecule has 0 saturated carbocycles. The molecule has 1 rings (SSSR count). The Hall–Kier alpha value is -0.380. The highest BCUT2D eigenvalue weighted by molar-refractivity contribution is 7.09. The van der Waals surface area contributed by atoms with Gasteiger partial charge in [-0.1, -0.05) is 26.3 Å². The van der Waals surface area contributed by atoms with Crippen molar-refractivity contribution in [2.45, 2.75) is 46.1 Å². The number of likely N-dealkylation sites (N-methyl/N-ethyl adjacent to an activating group) is 1. The Morgan fingerprint density at radius 3 is 2.72 bits per heavy atom. The molecule has 0 radical (unpaired) electrons. The van der Waals surface area contributed by atoms with Crippen molar-refractivity contribution in [3.8, 4) is 0 Å². The smallest absolute Gasteiger partial charge is 0.0497 e. The molecular formula is C15H27NOS. The lowest BCUT2D eigenvalue weighted by atomic mass is 9.85. The first-order valence-corrected chi connectivity index (χ1v) is 7.72. The molecule has 104 valence electrons. The maximum atomic E-state index is 9.58. The maximum absolute atomic E-state index is 9.58. The summed E-state index contributed by atoms with van der Waals surface area (Å²) < 4.78 is 0. The molecule has 1 aromatic rings. The first-order chi connectivity index (χ1) is 8.50. The van der Waals surface area contributed by atoms with Gasteiger partial charge >= 0.3 is 0 Å². The average molecular weight is 269 g/mol. The van der Waals surface area contributed by atoms with E-state index in [1.165, 1.54) is 4.88 Å². The third-order valence-corrected chi connectivity index (χ3v) is 4.59. The molecule has 0 aromatic carbocycles. The lowest BCUT2D eigenvalue weighted by molar-refractivity contribution is 0.0763. The number of hydrogen-bond donors (Lipinski definition) is 1. The standard InChI is InChI=1S/C15H27NOS/c1-5-8-15(3,12-17)11-16(4)13(2)10-14-7-6-9-18-14/h6-7,9,13,17H,5,8,10-12H2,1-4H3. The molecule has 1 aromatic heterocycles. The van der Waals surface area contributed by atoms with E-state index in [1.807, 2.05) is 11.3 Å². The molecule has 2 atom stereocenters. The van der Waals surface area contributed by atoms with Crippen LogP contribution in [0.15, 0.2) is 17.5 Å². The molecule has 3 heteroatoms. The molecule has 0 spiro atoms. The fraction of sp³-hybridized carbons (Fsp3) is 0.733. The highest BCUT2D eigenvalue weighted by Crippen LogP contribution is 2.25. The minimum atomic E-state index is 0.0349. The van der Waals surface area contributed by atoms with Gasteiger partial charge in [0, 0.05) is 29.5 Å². The van der Waals surface area contributed by atoms with Crippen LogP contribution < -0.4 is 0 Å². The van der Waals surface area contributed by atoms with E-state index in [-0.39, 0.29) is 12.0 Å². The van der Waals surface area contributed by atoms with Crippen LogP contribution in [0.1, 0.15) is 38.5 Å². The van der Waals surface area contributed by atoms with Gasteiger partial charge in [-0.3, -0.25) is 0 Å². The number of nitrogens with zero attached hydrogens (tertiary/aromatic N) is 1. The van der Waals surface area contributed by atoms with Crippen molar-refractivity contribution >= 4 is 11.3 Å². The normalized spacial score (nSPS) is 16.8. The Balaban J connectivity index is 2.50. The zero-order valence-corrected chi connectivity index (χ0v) is 13.0. The van der Waals surface area contributed by atoms with Gasteiger partial charge < -0.3 is 10.0 Å². The zero-order chi connectivity index (χ0) is 13.6. The van der Waals surface area contributed by atoms with Gasteiger partial charge in [0.2, 0.25) is 0 Å². The number of aliphatic hydroxyl groups is 1. The lowest BCUT2D eigenvalue weighted by Gasteiger charge is -2.35. The van der Waals surface area contributed by atoms with Crippen LogP contribution in [0, 0.1) is 5.41 Å². The van der Waals surface area contributed by atoms with Crippen LogP contribution in [0.2, 0.25) is 0 Å². The fourth-order valence-corrected chi connectivity index (χ4v) is 3.27. The monoisotopic (exact) mass is 269 g/mol. The van der Waals surface area contributed by atoms with Crippen LogP contribution >= 0.6 is 11.3 Å². The van der Waals surface area contributed by atoms with E-state index in [2.05, 4.69) is 50.2 Å². The van der Waals surface area contributed by atoms with Gasteiger partial charge in [-0.25, -0.2) is 0 Å². The molecule has 0 fully saturated rings. The summed E-state index contributed by atoms with van der Waals surface area (Å²) in [7, 11) is 2.17. The lowest BCUT2D eigenvalue weighted by Crippen LogP contribution is -2.41. The number of rotatable bonds is 8. The van der Waals surface area contributed by atoms with E-state index in [0.717, 1.165) is 25.8 Å². The second-order valence-corrected chi connectivity index (χ2v) is 6.80. The van der Waals surface area contributed by atoms with Gasteiger partial charge in [-0.15, -0.1) is 11.3 Å². The Morgan fingerprint density at radius 1 is 1.50 bits per heavy atom. The molecule has 0 aliphatic heterocycles. The summed E-state index contributed by atoms with van der Waals surface area (Å²) in [6.45, 7) is 7.87. The molecule has 0 saturated heterocycles. The SMILES string of the molecule is CCCC(C)(CO)CN(C)C(C)Cc1cccs1. The summed E-state index contributed by atoms with van der Waals surface area (Å²) in [6.07, 6.45) is 3.31. The predicted molar refractivity (Wildman–Crippen MR) is 80.2 cm³/mol. The molecule has 2 nitrogen and oxygen atoms in total. The predicted octanol–water partition coefficient (Wildman–Crippen LogP) is 3.41. The molecule has 0 aliphatic rings. The van der Waals surface area contributed by atoms with E-state index in [0.29, 0.717) is 6.04 Å². The molecule has 18 heavy (non-hydrogen) atoms. The summed E-state index contributed by atoms with van der Waals surface area (Å²) in [5.41, 5.74) is 0.0349. The van der Waals surface area contributed by atoms with E-state index in [4.69, 9.17) is 0 Å². The van der Waals surface area contributed by atoms with Crippen LogP contribution in [0.4, 0.5) is 0 Å². The minimum absolute atomic E-state index is 0.0349.